The van der Waals surface area contributed by atoms with Crippen molar-refractivity contribution >= 4 is 28.2 Å². The molecule has 1 saturated heterocycles. The van der Waals surface area contributed by atoms with Crippen molar-refractivity contribution in [3.05, 3.63) is 70.0 Å². The number of aromatic amines is 1. The van der Waals surface area contributed by atoms with E-state index in [0.29, 0.717) is 24.2 Å². The number of aliphatic hydroxyl groups is 1. The molecule has 4 rings (SSSR count). The average Bonchev–Trinajstić information content (AvgIpc) is 3.22. The topological polar surface area (TPSA) is 85.4 Å². The number of carbonyl (C=O) groups excluding carboxylic acids is 1. The maximum absolute atomic E-state index is 13.7. The van der Waals surface area contributed by atoms with E-state index in [2.05, 4.69) is 10.3 Å². The van der Waals surface area contributed by atoms with Crippen LogP contribution in [0.15, 0.2) is 53.5 Å². The fourth-order valence-electron chi connectivity index (χ4n) is 3.95. The summed E-state index contributed by atoms with van der Waals surface area (Å²) in [4.78, 5) is 29.8. The van der Waals surface area contributed by atoms with E-state index in [1.165, 1.54) is 24.4 Å². The highest BCUT2D eigenvalue weighted by molar-refractivity contribution is 6.06. The Morgan fingerprint density at radius 1 is 1.23 bits per heavy atom. The third-order valence-corrected chi connectivity index (χ3v) is 5.51. The molecule has 9 heteroatoms. The Kier molecular flexibility index (Phi) is 5.45. The summed E-state index contributed by atoms with van der Waals surface area (Å²) in [5.74, 6) is -0.931. The van der Waals surface area contributed by atoms with E-state index in [0.717, 1.165) is 12.5 Å². The van der Waals surface area contributed by atoms with Gasteiger partial charge in [-0.3, -0.25) is 9.59 Å². The van der Waals surface area contributed by atoms with Crippen LogP contribution in [0.25, 0.3) is 10.9 Å². The molecule has 1 aliphatic rings. The third kappa shape index (κ3) is 4.00. The summed E-state index contributed by atoms with van der Waals surface area (Å²) in [7, 11) is 0. The van der Waals surface area contributed by atoms with E-state index < -0.39 is 28.8 Å². The second-order valence-electron chi connectivity index (χ2n) is 7.43. The van der Waals surface area contributed by atoms with Crippen LogP contribution in [0.4, 0.5) is 24.5 Å². The Hall–Kier alpha value is -3.33. The van der Waals surface area contributed by atoms with E-state index in [9.17, 15) is 27.9 Å². The fraction of sp³-hybridized carbons (Fsp3) is 0.273. The smallest absolute Gasteiger partial charge is 0.394 e. The number of pyridine rings is 1. The molecule has 1 atom stereocenters. The summed E-state index contributed by atoms with van der Waals surface area (Å²) in [6, 6.07) is 9.94. The fourth-order valence-corrected chi connectivity index (χ4v) is 3.95. The summed E-state index contributed by atoms with van der Waals surface area (Å²) in [5.41, 5.74) is -1.46. The number of H-pyrrole nitrogens is 1. The predicted octanol–water partition coefficient (Wildman–Crippen LogP) is 3.76. The number of rotatable bonds is 4. The minimum absolute atomic E-state index is 0.148. The first-order chi connectivity index (χ1) is 14.8. The number of hydrogen-bond acceptors (Lipinski definition) is 4. The summed E-state index contributed by atoms with van der Waals surface area (Å²) in [5, 5.41) is 12.0. The van der Waals surface area contributed by atoms with Crippen LogP contribution in [0.5, 0.6) is 0 Å². The average molecular weight is 431 g/mol. The van der Waals surface area contributed by atoms with Crippen LogP contribution in [0, 0.1) is 0 Å². The summed E-state index contributed by atoms with van der Waals surface area (Å²) in [6.07, 6.45) is -2.06. The molecule has 1 unspecified atom stereocenters. The lowest BCUT2D eigenvalue weighted by Gasteiger charge is -2.26. The number of fused-ring (bicyclic) bond motifs is 1. The van der Waals surface area contributed by atoms with Gasteiger partial charge in [-0.05, 0) is 43.2 Å². The number of aromatic nitrogens is 1. The molecule has 0 saturated carbocycles. The van der Waals surface area contributed by atoms with Gasteiger partial charge in [0.05, 0.1) is 23.9 Å². The highest BCUT2D eigenvalue weighted by atomic mass is 19.4. The second-order valence-corrected chi connectivity index (χ2v) is 7.43. The third-order valence-electron chi connectivity index (χ3n) is 5.51. The maximum atomic E-state index is 13.7. The van der Waals surface area contributed by atoms with Gasteiger partial charge < -0.3 is 20.3 Å². The molecule has 2 aromatic carbocycles. The lowest BCUT2D eigenvalue weighted by atomic mass is 10.1. The van der Waals surface area contributed by atoms with E-state index >= 15 is 0 Å². The normalized spacial score (nSPS) is 16.6. The Labute approximate surface area is 175 Å². The van der Waals surface area contributed by atoms with E-state index in [1.54, 1.807) is 23.1 Å². The van der Waals surface area contributed by atoms with Gasteiger partial charge in [0, 0.05) is 29.3 Å². The highest BCUT2D eigenvalue weighted by Crippen LogP contribution is 2.38. The van der Waals surface area contributed by atoms with Crippen molar-refractivity contribution in [2.24, 2.45) is 0 Å². The van der Waals surface area contributed by atoms with Gasteiger partial charge >= 0.3 is 6.18 Å². The lowest BCUT2D eigenvalue weighted by Crippen LogP contribution is -2.32. The molecule has 1 fully saturated rings. The molecule has 0 bridgehead atoms. The van der Waals surface area contributed by atoms with Crippen LogP contribution in [0.3, 0.4) is 0 Å². The summed E-state index contributed by atoms with van der Waals surface area (Å²) < 4.78 is 41.2. The molecule has 6 nitrogen and oxygen atoms in total. The van der Waals surface area contributed by atoms with Crippen LogP contribution in [-0.2, 0) is 6.18 Å². The number of halogens is 3. The van der Waals surface area contributed by atoms with Crippen LogP contribution in [0.2, 0.25) is 0 Å². The van der Waals surface area contributed by atoms with Crippen LogP contribution < -0.4 is 15.6 Å². The molecule has 0 aliphatic carbocycles. The Bertz CT molecular complexity index is 1190. The molecule has 0 radical (unpaired) electrons. The molecule has 1 aromatic heterocycles. The van der Waals surface area contributed by atoms with Gasteiger partial charge in [-0.2, -0.15) is 13.2 Å². The van der Waals surface area contributed by atoms with Crippen molar-refractivity contribution < 1.29 is 23.1 Å². The molecule has 31 heavy (non-hydrogen) atoms. The number of benzene rings is 2. The Morgan fingerprint density at radius 2 is 2.00 bits per heavy atom. The minimum atomic E-state index is -4.72. The van der Waals surface area contributed by atoms with Gasteiger partial charge in [0.2, 0.25) is 5.43 Å². The Balaban J connectivity index is 1.69. The zero-order valence-corrected chi connectivity index (χ0v) is 16.4. The minimum Gasteiger partial charge on any atom is -0.394 e. The number of para-hydroxylation sites is 1. The monoisotopic (exact) mass is 431 g/mol. The lowest BCUT2D eigenvalue weighted by molar-refractivity contribution is -0.136. The molecule has 1 aliphatic heterocycles. The molecule has 0 spiro atoms. The van der Waals surface area contributed by atoms with Crippen molar-refractivity contribution in [3.8, 4) is 0 Å². The zero-order valence-electron chi connectivity index (χ0n) is 16.4. The van der Waals surface area contributed by atoms with Crippen molar-refractivity contribution in [3.63, 3.8) is 0 Å². The van der Waals surface area contributed by atoms with Crippen molar-refractivity contribution in [2.75, 3.05) is 23.4 Å². The van der Waals surface area contributed by atoms with Crippen molar-refractivity contribution in [2.45, 2.75) is 25.1 Å². The highest BCUT2D eigenvalue weighted by Gasteiger charge is 2.36. The first-order valence-electron chi connectivity index (χ1n) is 9.80. The van der Waals surface area contributed by atoms with Gasteiger partial charge in [-0.25, -0.2) is 0 Å². The largest absolute Gasteiger partial charge is 0.418 e. The summed E-state index contributed by atoms with van der Waals surface area (Å²) in [6.45, 7) is 0.394. The maximum Gasteiger partial charge on any atom is 0.418 e. The number of amides is 1. The molecule has 1 amide bonds. The van der Waals surface area contributed by atoms with Crippen LogP contribution in [0.1, 0.15) is 28.8 Å². The number of aliphatic hydroxyl groups excluding tert-OH is 1. The number of carbonyl (C=O) groups is 1. The quantitative estimate of drug-likeness (QED) is 0.587. The van der Waals surface area contributed by atoms with E-state index in [4.69, 9.17) is 0 Å². The van der Waals surface area contributed by atoms with Gasteiger partial charge in [0.25, 0.3) is 5.91 Å². The number of alkyl halides is 3. The molecule has 162 valence electrons. The van der Waals surface area contributed by atoms with Crippen LogP contribution in [-0.4, -0.2) is 35.2 Å². The van der Waals surface area contributed by atoms with Crippen LogP contribution >= 0.6 is 0 Å². The molecular weight excluding hydrogens is 411 g/mol. The van der Waals surface area contributed by atoms with Gasteiger partial charge in [-0.15, -0.1) is 0 Å². The molecule has 3 N–H and O–H groups in total. The van der Waals surface area contributed by atoms with Gasteiger partial charge in [-0.1, -0.05) is 12.1 Å². The van der Waals surface area contributed by atoms with Crippen molar-refractivity contribution in [1.82, 2.24) is 4.98 Å². The number of nitrogens with zero attached hydrogens (tertiary/aromatic N) is 1. The number of hydrogen-bond donors (Lipinski definition) is 3. The van der Waals surface area contributed by atoms with Gasteiger partial charge in [0.15, 0.2) is 0 Å². The first-order valence-corrected chi connectivity index (χ1v) is 9.80. The predicted molar refractivity (Wildman–Crippen MR) is 111 cm³/mol. The van der Waals surface area contributed by atoms with E-state index in [-0.39, 0.29) is 23.6 Å². The molecule has 2 heterocycles. The Morgan fingerprint density at radius 3 is 2.74 bits per heavy atom. The number of anilines is 2. The van der Waals surface area contributed by atoms with E-state index in [1.807, 2.05) is 0 Å². The SMILES string of the molecule is O=C(Nc1ccc(N2CCCC2CO)cc1C(F)(F)F)c1c[nH]c2ccccc2c1=O. The van der Waals surface area contributed by atoms with Crippen molar-refractivity contribution in [1.29, 1.82) is 0 Å². The molecule has 3 aromatic rings. The molecular formula is C22H20F3N3O3. The summed E-state index contributed by atoms with van der Waals surface area (Å²) >= 11 is 0. The first kappa shape index (κ1) is 20.9. The van der Waals surface area contributed by atoms with Gasteiger partial charge in [0.1, 0.15) is 5.56 Å². The zero-order chi connectivity index (χ0) is 22.2. The standard InChI is InChI=1S/C22H20F3N3O3/c23-22(24,25)17-10-13(28-9-3-4-14(28)12-29)7-8-19(17)27-21(31)16-11-26-18-6-2-1-5-15(18)20(16)30/h1-2,5-8,10-11,14,29H,3-4,9,12H2,(H,26,30)(H,27,31). The second kappa shape index (κ2) is 8.07. The number of nitrogens with one attached hydrogen (secondary N) is 2.